The Balaban J connectivity index is 1.65. The number of phenolic OH excluding ortho intramolecular Hbond substituents is 2. The van der Waals surface area contributed by atoms with Gasteiger partial charge in [-0.2, -0.15) is 10.5 Å². The van der Waals surface area contributed by atoms with Crippen LogP contribution in [0.3, 0.4) is 0 Å². The van der Waals surface area contributed by atoms with E-state index in [1.807, 2.05) is 0 Å². The van der Waals surface area contributed by atoms with Crippen LogP contribution in [0.1, 0.15) is 13.8 Å². The average molecular weight is 571 g/mol. The number of rotatable bonds is 3. The molecule has 0 aliphatic carbocycles. The molecule has 0 aromatic heterocycles. The maximum atomic E-state index is 12.8. The van der Waals surface area contributed by atoms with Crippen molar-refractivity contribution in [1.82, 2.24) is 10.2 Å². The summed E-state index contributed by atoms with van der Waals surface area (Å²) in [5.41, 5.74) is -0.339. The molecule has 1 aromatic carbocycles. The Hall–Kier alpha value is -3.56. The van der Waals surface area contributed by atoms with Crippen LogP contribution in [-0.2, 0) is 19.2 Å². The second kappa shape index (κ2) is 10.4. The molecule has 0 spiro atoms. The van der Waals surface area contributed by atoms with Crippen molar-refractivity contribution < 1.29 is 29.4 Å². The van der Waals surface area contributed by atoms with E-state index in [4.69, 9.17) is 10.5 Å². The fourth-order valence-corrected chi connectivity index (χ4v) is 8.45. The number of carbonyl (C=O) groups excluding carboxylic acids is 4. The summed E-state index contributed by atoms with van der Waals surface area (Å²) < 4.78 is 0.775. The van der Waals surface area contributed by atoms with E-state index in [1.54, 1.807) is 19.1 Å². The first-order chi connectivity index (χ1) is 17.6. The van der Waals surface area contributed by atoms with Gasteiger partial charge in [0, 0.05) is 12.6 Å². The molecule has 3 heterocycles. The van der Waals surface area contributed by atoms with E-state index < -0.39 is 23.6 Å². The van der Waals surface area contributed by atoms with Gasteiger partial charge in [0.25, 0.3) is 23.6 Å². The number of nitrogens with one attached hydrogen (secondary N) is 1. The maximum Gasteiger partial charge on any atom is 0.271 e. The van der Waals surface area contributed by atoms with Crippen molar-refractivity contribution in [2.45, 2.75) is 33.4 Å². The number of nitriles is 2. The highest BCUT2D eigenvalue weighted by Crippen LogP contribution is 2.67. The molecule has 0 saturated heterocycles. The fraction of sp³-hybridized carbons (Fsp3) is 0.130. The van der Waals surface area contributed by atoms with Gasteiger partial charge in [0.05, 0.1) is 33.6 Å². The molecule has 186 valence electrons. The largest absolute Gasteiger partial charge is 0.505 e. The zero-order chi connectivity index (χ0) is 27.0. The quantitative estimate of drug-likeness (QED) is 0.209. The van der Waals surface area contributed by atoms with Gasteiger partial charge >= 0.3 is 0 Å². The van der Waals surface area contributed by atoms with E-state index in [9.17, 15) is 29.4 Å². The van der Waals surface area contributed by atoms with Crippen molar-refractivity contribution in [1.29, 1.82) is 10.5 Å². The van der Waals surface area contributed by atoms with Crippen molar-refractivity contribution in [2.75, 3.05) is 6.54 Å². The predicted octanol–water partition coefficient (Wildman–Crippen LogP) is 3.50. The SMILES string of the molecule is C/C=C(/C#N)C(=O)N(CC)C(=O)C=C1Sc2c(O)c3c(c(O)c2S1)SC(=C1C=C(C#N)C(=O)NC1=O)S3. The van der Waals surface area contributed by atoms with E-state index in [0.29, 0.717) is 18.3 Å². The second-order valence-electron chi connectivity index (χ2n) is 7.24. The molecule has 4 amide bonds. The minimum absolute atomic E-state index is 0.0411. The molecule has 10 nitrogen and oxygen atoms in total. The Labute approximate surface area is 227 Å². The number of benzene rings is 1. The molecule has 3 aliphatic rings. The van der Waals surface area contributed by atoms with Gasteiger partial charge in [-0.25, -0.2) is 0 Å². The number of aromatic hydroxyl groups is 2. The molecule has 0 bridgehead atoms. The summed E-state index contributed by atoms with van der Waals surface area (Å²) >= 11 is 4.08. The molecule has 37 heavy (non-hydrogen) atoms. The van der Waals surface area contributed by atoms with Crippen LogP contribution >= 0.6 is 47.0 Å². The van der Waals surface area contributed by atoms with Gasteiger partial charge < -0.3 is 10.2 Å². The Morgan fingerprint density at radius 3 is 2.08 bits per heavy atom. The molecule has 4 rings (SSSR count). The zero-order valence-electron chi connectivity index (χ0n) is 18.9. The fourth-order valence-electron chi connectivity index (χ4n) is 3.32. The number of likely N-dealkylation sites (N-methyl/N-ethyl adjacent to an activating group) is 1. The molecular weight excluding hydrogens is 557 g/mol. The van der Waals surface area contributed by atoms with Crippen LogP contribution in [0.15, 0.2) is 63.0 Å². The Kier molecular flexibility index (Phi) is 7.47. The van der Waals surface area contributed by atoms with E-state index >= 15 is 0 Å². The van der Waals surface area contributed by atoms with Gasteiger partial charge in [0.2, 0.25) is 0 Å². The van der Waals surface area contributed by atoms with Gasteiger partial charge in [0.1, 0.15) is 34.8 Å². The highest BCUT2D eigenvalue weighted by atomic mass is 32.2. The minimum atomic E-state index is -0.799. The third-order valence-corrected chi connectivity index (χ3v) is 10.2. The Morgan fingerprint density at radius 2 is 1.59 bits per heavy atom. The number of carbonyl (C=O) groups is 4. The molecular formula is C23H14N4O6S4. The Morgan fingerprint density at radius 1 is 1.03 bits per heavy atom. The third-order valence-electron chi connectivity index (χ3n) is 5.12. The summed E-state index contributed by atoms with van der Waals surface area (Å²) in [6.07, 6.45) is 3.70. The van der Waals surface area contributed by atoms with Crippen LogP contribution in [0, 0.1) is 22.7 Å². The van der Waals surface area contributed by atoms with Gasteiger partial charge in [-0.3, -0.25) is 29.4 Å². The molecule has 0 fully saturated rings. The molecule has 0 unspecified atom stereocenters. The lowest BCUT2D eigenvalue weighted by Crippen LogP contribution is -2.36. The number of amides is 4. The summed E-state index contributed by atoms with van der Waals surface area (Å²) in [4.78, 5) is 51.4. The van der Waals surface area contributed by atoms with Gasteiger partial charge in [-0.1, -0.05) is 53.1 Å². The number of hydrogen-bond donors (Lipinski definition) is 3. The minimum Gasteiger partial charge on any atom is -0.505 e. The lowest BCUT2D eigenvalue weighted by Gasteiger charge is -2.16. The van der Waals surface area contributed by atoms with E-state index in [0.717, 1.165) is 51.9 Å². The van der Waals surface area contributed by atoms with E-state index in [-0.39, 0.29) is 44.6 Å². The Bertz CT molecular complexity index is 1480. The summed E-state index contributed by atoms with van der Waals surface area (Å²) in [5, 5.41) is 42.2. The van der Waals surface area contributed by atoms with Crippen molar-refractivity contribution in [2.24, 2.45) is 0 Å². The molecule has 3 N–H and O–H groups in total. The number of imide groups is 2. The van der Waals surface area contributed by atoms with Crippen LogP contribution in [-0.4, -0.2) is 45.3 Å². The highest BCUT2D eigenvalue weighted by Gasteiger charge is 2.37. The van der Waals surface area contributed by atoms with Gasteiger partial charge in [-0.15, -0.1) is 0 Å². The zero-order valence-corrected chi connectivity index (χ0v) is 22.2. The van der Waals surface area contributed by atoms with Crippen LogP contribution in [0.2, 0.25) is 0 Å². The van der Waals surface area contributed by atoms with Crippen molar-refractivity contribution in [3.63, 3.8) is 0 Å². The van der Waals surface area contributed by atoms with Crippen LogP contribution in [0.4, 0.5) is 0 Å². The summed E-state index contributed by atoms with van der Waals surface area (Å²) in [5.74, 6) is -3.19. The molecule has 14 heteroatoms. The third kappa shape index (κ3) is 4.65. The van der Waals surface area contributed by atoms with E-state index in [2.05, 4.69) is 5.32 Å². The topological polar surface area (TPSA) is 172 Å². The van der Waals surface area contributed by atoms with Crippen LogP contribution in [0.5, 0.6) is 11.5 Å². The highest BCUT2D eigenvalue weighted by molar-refractivity contribution is 8.26. The lowest BCUT2D eigenvalue weighted by molar-refractivity contribution is -0.139. The summed E-state index contributed by atoms with van der Waals surface area (Å²) in [7, 11) is 0. The first-order valence-corrected chi connectivity index (χ1v) is 13.6. The molecule has 1 aromatic rings. The monoisotopic (exact) mass is 570 g/mol. The standard InChI is InChI=1S/C23H14N4O6S4/c1-3-9(7-24)22(33)27(4-2)12(28)6-13-34-16-14(29)18-19(15(30)17(16)35-13)37-23(36-18)11-5-10(8-25)20(31)26-21(11)32/h3,5-6,29-30H,4H2,1-2H3,(H,26,31,32)/b9-3-,13-6?,23-11?. The van der Waals surface area contributed by atoms with E-state index in [1.165, 1.54) is 25.2 Å². The van der Waals surface area contributed by atoms with Gasteiger partial charge in [0.15, 0.2) is 0 Å². The smallest absolute Gasteiger partial charge is 0.271 e. The van der Waals surface area contributed by atoms with Gasteiger partial charge in [-0.05, 0) is 19.9 Å². The number of thioether (sulfide) groups is 4. The molecule has 0 atom stereocenters. The number of nitrogens with zero attached hydrogens (tertiary/aromatic N) is 3. The molecule has 0 saturated carbocycles. The first kappa shape index (κ1) is 26.5. The van der Waals surface area contributed by atoms with Crippen molar-refractivity contribution in [3.8, 4) is 23.6 Å². The van der Waals surface area contributed by atoms with Crippen molar-refractivity contribution >= 4 is 70.7 Å². The van der Waals surface area contributed by atoms with Crippen molar-refractivity contribution in [3.05, 3.63) is 43.4 Å². The first-order valence-electron chi connectivity index (χ1n) is 10.3. The normalized spacial score (nSPS) is 16.4. The maximum absolute atomic E-state index is 12.8. The molecule has 3 aliphatic heterocycles. The summed E-state index contributed by atoms with van der Waals surface area (Å²) in [6, 6.07) is 3.48. The summed E-state index contributed by atoms with van der Waals surface area (Å²) in [6.45, 7) is 3.16. The number of allylic oxidation sites excluding steroid dienone is 1. The lowest BCUT2D eigenvalue weighted by atomic mass is 10.1. The predicted molar refractivity (Wildman–Crippen MR) is 137 cm³/mol. The van der Waals surface area contributed by atoms with Crippen LogP contribution in [0.25, 0.3) is 0 Å². The molecule has 0 radical (unpaired) electrons. The van der Waals surface area contributed by atoms with Crippen LogP contribution < -0.4 is 5.32 Å². The number of hydrogen-bond acceptors (Lipinski definition) is 12. The number of fused-ring (bicyclic) bond motifs is 2. The second-order valence-corrected chi connectivity index (χ2v) is 11.9. The average Bonchev–Trinajstić information content (AvgIpc) is 3.49. The number of phenols is 2.